The van der Waals surface area contributed by atoms with E-state index >= 15 is 0 Å². The van der Waals surface area contributed by atoms with Gasteiger partial charge in [0.15, 0.2) is 0 Å². The van der Waals surface area contributed by atoms with Crippen LogP contribution in [0.3, 0.4) is 0 Å². The lowest BCUT2D eigenvalue weighted by Gasteiger charge is -2.39. The summed E-state index contributed by atoms with van der Waals surface area (Å²) in [4.78, 5) is 11.4. The van der Waals surface area contributed by atoms with Crippen molar-refractivity contribution in [1.82, 2.24) is 20.2 Å². The zero-order valence-corrected chi connectivity index (χ0v) is 8.11. The summed E-state index contributed by atoms with van der Waals surface area (Å²) in [5.41, 5.74) is 2.38. The zero-order valence-electron chi connectivity index (χ0n) is 8.11. The number of aromatic nitrogens is 2. The number of fused-ring (bicyclic) bond motifs is 3. The van der Waals surface area contributed by atoms with Crippen molar-refractivity contribution in [2.45, 2.75) is 12.5 Å². The van der Waals surface area contributed by atoms with Gasteiger partial charge in [-0.1, -0.05) is 0 Å². The Balaban J connectivity index is 1.99. The van der Waals surface area contributed by atoms with E-state index in [1.54, 1.807) is 12.4 Å². The molecule has 1 saturated heterocycles. The molecule has 2 aliphatic heterocycles. The highest BCUT2D eigenvalue weighted by Crippen LogP contribution is 2.26. The maximum atomic E-state index is 4.46. The van der Waals surface area contributed by atoms with Crippen LogP contribution in [0, 0.1) is 0 Å². The third-order valence-corrected chi connectivity index (χ3v) is 3.11. The van der Waals surface area contributed by atoms with Crippen molar-refractivity contribution < 1.29 is 0 Å². The molecule has 0 spiro atoms. The lowest BCUT2D eigenvalue weighted by Crippen LogP contribution is -2.49. The summed E-state index contributed by atoms with van der Waals surface area (Å²) < 4.78 is 0. The van der Waals surface area contributed by atoms with Crippen molar-refractivity contribution in [2.24, 2.45) is 0 Å². The monoisotopic (exact) mass is 190 g/mol. The van der Waals surface area contributed by atoms with Gasteiger partial charge in [-0.25, -0.2) is 0 Å². The average Bonchev–Trinajstić information content (AvgIpc) is 2.29. The van der Waals surface area contributed by atoms with Gasteiger partial charge in [0.25, 0.3) is 0 Å². The lowest BCUT2D eigenvalue weighted by molar-refractivity contribution is 0.146. The van der Waals surface area contributed by atoms with E-state index in [0.717, 1.165) is 32.6 Å². The van der Waals surface area contributed by atoms with E-state index in [1.165, 1.54) is 11.4 Å². The van der Waals surface area contributed by atoms with Crippen LogP contribution in [-0.2, 0) is 6.42 Å². The first kappa shape index (κ1) is 8.32. The van der Waals surface area contributed by atoms with Crippen molar-refractivity contribution in [1.29, 1.82) is 0 Å². The van der Waals surface area contributed by atoms with E-state index in [-0.39, 0.29) is 0 Å². The van der Waals surface area contributed by atoms with Gasteiger partial charge in [-0.15, -0.1) is 0 Å². The van der Waals surface area contributed by atoms with Crippen molar-refractivity contribution >= 4 is 0 Å². The summed E-state index contributed by atoms with van der Waals surface area (Å²) in [6, 6.07) is 0.459. The number of nitrogens with one attached hydrogen (secondary N) is 1. The molecule has 1 fully saturated rings. The van der Waals surface area contributed by atoms with Crippen LogP contribution in [-0.4, -0.2) is 41.0 Å². The molecule has 4 nitrogen and oxygen atoms in total. The Morgan fingerprint density at radius 2 is 2.21 bits per heavy atom. The Morgan fingerprint density at radius 3 is 3.21 bits per heavy atom. The topological polar surface area (TPSA) is 41.1 Å². The molecule has 4 heteroatoms. The number of rotatable bonds is 0. The van der Waals surface area contributed by atoms with Gasteiger partial charge in [0.2, 0.25) is 0 Å². The SMILES string of the molecule is c1cnc2c(n1)CCN1CCNCC21. The highest BCUT2D eigenvalue weighted by atomic mass is 15.2. The van der Waals surface area contributed by atoms with Crippen LogP contribution in [0.2, 0.25) is 0 Å². The Hall–Kier alpha value is -1.00. The summed E-state index contributed by atoms with van der Waals surface area (Å²) in [7, 11) is 0. The summed E-state index contributed by atoms with van der Waals surface area (Å²) in [6.45, 7) is 4.40. The van der Waals surface area contributed by atoms with Crippen LogP contribution in [0.25, 0.3) is 0 Å². The molecule has 0 aromatic carbocycles. The molecule has 1 aromatic rings. The number of piperazine rings is 1. The molecule has 0 bridgehead atoms. The van der Waals surface area contributed by atoms with Gasteiger partial charge in [-0.05, 0) is 0 Å². The summed E-state index contributed by atoms with van der Waals surface area (Å²) in [5, 5.41) is 3.42. The fraction of sp³-hybridized carbons (Fsp3) is 0.600. The van der Waals surface area contributed by atoms with Gasteiger partial charge >= 0.3 is 0 Å². The molecular weight excluding hydrogens is 176 g/mol. The van der Waals surface area contributed by atoms with E-state index in [9.17, 15) is 0 Å². The quantitative estimate of drug-likeness (QED) is 0.624. The van der Waals surface area contributed by atoms with Crippen LogP contribution in [0.4, 0.5) is 0 Å². The minimum absolute atomic E-state index is 0.459. The van der Waals surface area contributed by atoms with Gasteiger partial charge in [0, 0.05) is 45.0 Å². The summed E-state index contributed by atoms with van der Waals surface area (Å²) in [6.07, 6.45) is 4.65. The third-order valence-electron chi connectivity index (χ3n) is 3.11. The Kier molecular flexibility index (Phi) is 1.96. The first-order chi connectivity index (χ1) is 6.95. The molecule has 3 heterocycles. The fourth-order valence-corrected chi connectivity index (χ4v) is 2.38. The summed E-state index contributed by atoms with van der Waals surface area (Å²) >= 11 is 0. The predicted molar refractivity (Wildman–Crippen MR) is 52.9 cm³/mol. The molecular formula is C10H14N4. The van der Waals surface area contributed by atoms with Crippen molar-refractivity contribution in [2.75, 3.05) is 26.2 Å². The van der Waals surface area contributed by atoms with E-state index in [2.05, 4.69) is 20.2 Å². The molecule has 2 aliphatic rings. The van der Waals surface area contributed by atoms with Gasteiger partial charge in [0.1, 0.15) is 0 Å². The fourth-order valence-electron chi connectivity index (χ4n) is 2.38. The van der Waals surface area contributed by atoms with Gasteiger partial charge in [-0.2, -0.15) is 0 Å². The number of hydrogen-bond acceptors (Lipinski definition) is 4. The molecule has 0 aliphatic carbocycles. The minimum atomic E-state index is 0.459. The molecule has 3 rings (SSSR count). The van der Waals surface area contributed by atoms with Crippen LogP contribution in [0.1, 0.15) is 17.4 Å². The van der Waals surface area contributed by atoms with E-state index in [1.807, 2.05) is 0 Å². The maximum absolute atomic E-state index is 4.46. The van der Waals surface area contributed by atoms with Gasteiger partial charge in [-0.3, -0.25) is 14.9 Å². The molecule has 0 saturated carbocycles. The van der Waals surface area contributed by atoms with Gasteiger partial charge < -0.3 is 5.32 Å². The van der Waals surface area contributed by atoms with Crippen LogP contribution in [0.5, 0.6) is 0 Å². The third kappa shape index (κ3) is 1.22. The highest BCUT2D eigenvalue weighted by Gasteiger charge is 2.30. The van der Waals surface area contributed by atoms with Crippen LogP contribution < -0.4 is 5.32 Å². The molecule has 14 heavy (non-hydrogen) atoms. The first-order valence-electron chi connectivity index (χ1n) is 5.20. The smallest absolute Gasteiger partial charge is 0.0803 e. The molecule has 1 unspecified atom stereocenters. The lowest BCUT2D eigenvalue weighted by atomic mass is 10.0. The van der Waals surface area contributed by atoms with E-state index in [4.69, 9.17) is 0 Å². The number of nitrogens with zero attached hydrogens (tertiary/aromatic N) is 3. The predicted octanol–water partition coefficient (Wildman–Crippen LogP) is -0.0210. The molecule has 1 atom stereocenters. The molecule has 1 aromatic heterocycles. The standard InChI is InChI=1S/C10H14N4/c1-5-14-6-4-11-7-9(14)10-8(1)12-2-3-13-10/h2-3,9,11H,1,4-7H2. The Bertz CT molecular complexity index is 339. The second-order valence-electron chi connectivity index (χ2n) is 3.89. The average molecular weight is 190 g/mol. The highest BCUT2D eigenvalue weighted by molar-refractivity contribution is 5.20. The molecule has 0 amide bonds. The normalized spacial score (nSPS) is 26.7. The first-order valence-corrected chi connectivity index (χ1v) is 5.20. The Morgan fingerprint density at radius 1 is 1.29 bits per heavy atom. The second kappa shape index (κ2) is 3.29. The Labute approximate surface area is 83.4 Å². The number of hydrogen-bond donors (Lipinski definition) is 1. The van der Waals surface area contributed by atoms with Crippen LogP contribution in [0.15, 0.2) is 12.4 Å². The van der Waals surface area contributed by atoms with Crippen molar-refractivity contribution in [3.63, 3.8) is 0 Å². The van der Waals surface area contributed by atoms with Crippen molar-refractivity contribution in [3.05, 3.63) is 23.8 Å². The van der Waals surface area contributed by atoms with Crippen molar-refractivity contribution in [3.8, 4) is 0 Å². The van der Waals surface area contributed by atoms with E-state index < -0.39 is 0 Å². The van der Waals surface area contributed by atoms with Gasteiger partial charge in [0.05, 0.1) is 17.4 Å². The minimum Gasteiger partial charge on any atom is -0.313 e. The second-order valence-corrected chi connectivity index (χ2v) is 3.89. The summed E-state index contributed by atoms with van der Waals surface area (Å²) in [5.74, 6) is 0. The van der Waals surface area contributed by atoms with Crippen LogP contribution >= 0.6 is 0 Å². The zero-order chi connectivity index (χ0) is 9.38. The molecule has 74 valence electrons. The van der Waals surface area contributed by atoms with E-state index in [0.29, 0.717) is 6.04 Å². The maximum Gasteiger partial charge on any atom is 0.0803 e. The molecule has 0 radical (unpaired) electrons. The largest absolute Gasteiger partial charge is 0.313 e. The molecule has 1 N–H and O–H groups in total.